The molecule has 1 aliphatic heterocycles. The van der Waals surface area contributed by atoms with Crippen LogP contribution in [0.3, 0.4) is 0 Å². The lowest BCUT2D eigenvalue weighted by atomic mass is 9.90. The SMILES string of the molecule is CC1(CN)CCN(CC(=O)NCc2ccc(Cl)s2)C1. The highest BCUT2D eigenvalue weighted by atomic mass is 35.5. The summed E-state index contributed by atoms with van der Waals surface area (Å²) >= 11 is 7.34. The molecule has 1 fully saturated rings. The molecule has 0 saturated carbocycles. The summed E-state index contributed by atoms with van der Waals surface area (Å²) in [7, 11) is 0. The Morgan fingerprint density at radius 2 is 2.42 bits per heavy atom. The number of hydrogen-bond acceptors (Lipinski definition) is 4. The second-order valence-electron chi connectivity index (χ2n) is 5.46. The van der Waals surface area contributed by atoms with Gasteiger partial charge < -0.3 is 11.1 Å². The predicted molar refractivity (Wildman–Crippen MR) is 79.4 cm³/mol. The van der Waals surface area contributed by atoms with Crippen LogP contribution in [-0.2, 0) is 11.3 Å². The number of thiophene rings is 1. The van der Waals surface area contributed by atoms with Gasteiger partial charge in [-0.3, -0.25) is 9.69 Å². The minimum Gasteiger partial charge on any atom is -0.350 e. The van der Waals surface area contributed by atoms with Crippen LogP contribution in [0.4, 0.5) is 0 Å². The predicted octanol–water partition coefficient (Wildman–Crippen LogP) is 1.69. The first-order valence-electron chi connectivity index (χ1n) is 6.44. The van der Waals surface area contributed by atoms with Crippen LogP contribution in [0, 0.1) is 5.41 Å². The third kappa shape index (κ3) is 4.18. The van der Waals surface area contributed by atoms with E-state index in [1.807, 2.05) is 12.1 Å². The van der Waals surface area contributed by atoms with E-state index in [0.717, 1.165) is 28.7 Å². The molecule has 2 rings (SSSR count). The van der Waals surface area contributed by atoms with Gasteiger partial charge in [0.25, 0.3) is 0 Å². The number of hydrogen-bond donors (Lipinski definition) is 2. The minimum absolute atomic E-state index is 0.0609. The molecule has 1 aromatic heterocycles. The van der Waals surface area contributed by atoms with E-state index in [2.05, 4.69) is 17.1 Å². The maximum atomic E-state index is 11.9. The van der Waals surface area contributed by atoms with Crippen molar-refractivity contribution < 1.29 is 4.79 Å². The number of nitrogens with zero attached hydrogens (tertiary/aromatic N) is 1. The third-order valence-corrected chi connectivity index (χ3v) is 4.82. The van der Waals surface area contributed by atoms with E-state index in [1.54, 1.807) is 0 Å². The highest BCUT2D eigenvalue weighted by molar-refractivity contribution is 7.16. The number of likely N-dealkylation sites (tertiary alicyclic amines) is 1. The zero-order chi connectivity index (χ0) is 13.9. The molecule has 1 atom stereocenters. The number of amides is 1. The van der Waals surface area contributed by atoms with Gasteiger partial charge in [-0.05, 0) is 37.1 Å². The smallest absolute Gasteiger partial charge is 0.234 e. The van der Waals surface area contributed by atoms with Gasteiger partial charge in [-0.2, -0.15) is 0 Å². The summed E-state index contributed by atoms with van der Waals surface area (Å²) in [5.74, 6) is 0.0609. The van der Waals surface area contributed by atoms with Crippen molar-refractivity contribution in [2.75, 3.05) is 26.2 Å². The van der Waals surface area contributed by atoms with Crippen molar-refractivity contribution >= 4 is 28.8 Å². The first-order valence-corrected chi connectivity index (χ1v) is 7.63. The van der Waals surface area contributed by atoms with Gasteiger partial charge in [-0.15, -0.1) is 11.3 Å². The summed E-state index contributed by atoms with van der Waals surface area (Å²) in [5, 5.41) is 2.92. The van der Waals surface area contributed by atoms with E-state index in [4.69, 9.17) is 17.3 Å². The molecule has 19 heavy (non-hydrogen) atoms. The Bertz CT molecular complexity index is 451. The molecule has 2 heterocycles. The van der Waals surface area contributed by atoms with E-state index in [1.165, 1.54) is 11.3 Å². The van der Waals surface area contributed by atoms with Crippen LogP contribution in [-0.4, -0.2) is 37.0 Å². The first kappa shape index (κ1) is 14.8. The van der Waals surface area contributed by atoms with Crippen LogP contribution in [0.2, 0.25) is 4.34 Å². The Labute approximate surface area is 122 Å². The van der Waals surface area contributed by atoms with Gasteiger partial charge in [0.1, 0.15) is 0 Å². The van der Waals surface area contributed by atoms with Crippen LogP contribution < -0.4 is 11.1 Å². The molecule has 1 aromatic rings. The third-order valence-electron chi connectivity index (χ3n) is 3.59. The van der Waals surface area contributed by atoms with Crippen LogP contribution in [0.1, 0.15) is 18.2 Å². The number of nitrogens with one attached hydrogen (secondary N) is 1. The Hall–Kier alpha value is -0.620. The first-order chi connectivity index (χ1) is 9.00. The lowest BCUT2D eigenvalue weighted by Crippen LogP contribution is -2.38. The minimum atomic E-state index is 0.0609. The van der Waals surface area contributed by atoms with Gasteiger partial charge in [0.15, 0.2) is 0 Å². The fourth-order valence-corrected chi connectivity index (χ4v) is 3.35. The maximum absolute atomic E-state index is 11.9. The van der Waals surface area contributed by atoms with Crippen LogP contribution >= 0.6 is 22.9 Å². The van der Waals surface area contributed by atoms with Crippen LogP contribution in [0.15, 0.2) is 12.1 Å². The van der Waals surface area contributed by atoms with Crippen molar-refractivity contribution in [1.29, 1.82) is 0 Å². The van der Waals surface area contributed by atoms with Gasteiger partial charge in [-0.1, -0.05) is 18.5 Å². The molecule has 0 bridgehead atoms. The molecule has 6 heteroatoms. The quantitative estimate of drug-likeness (QED) is 0.870. The van der Waals surface area contributed by atoms with Crippen LogP contribution in [0.25, 0.3) is 0 Å². The van der Waals surface area contributed by atoms with E-state index >= 15 is 0 Å². The molecule has 106 valence electrons. The van der Waals surface area contributed by atoms with Gasteiger partial charge in [0.2, 0.25) is 5.91 Å². The zero-order valence-electron chi connectivity index (χ0n) is 11.1. The Morgan fingerprint density at radius 3 is 3.00 bits per heavy atom. The monoisotopic (exact) mass is 301 g/mol. The lowest BCUT2D eigenvalue weighted by molar-refractivity contribution is -0.122. The fraction of sp³-hybridized carbons (Fsp3) is 0.615. The summed E-state index contributed by atoms with van der Waals surface area (Å²) in [6, 6.07) is 3.79. The topological polar surface area (TPSA) is 58.4 Å². The van der Waals surface area contributed by atoms with Crippen molar-refractivity contribution in [2.45, 2.75) is 19.9 Å². The van der Waals surface area contributed by atoms with Crippen molar-refractivity contribution in [2.24, 2.45) is 11.1 Å². The molecule has 0 spiro atoms. The summed E-state index contributed by atoms with van der Waals surface area (Å²) in [6.45, 7) is 5.72. The molecule has 0 aliphatic carbocycles. The molecule has 3 N–H and O–H groups in total. The molecular weight excluding hydrogens is 282 g/mol. The molecule has 4 nitrogen and oxygen atoms in total. The highest BCUT2D eigenvalue weighted by Gasteiger charge is 2.32. The zero-order valence-corrected chi connectivity index (χ0v) is 12.7. The molecule has 1 aliphatic rings. The average molecular weight is 302 g/mol. The van der Waals surface area contributed by atoms with E-state index in [9.17, 15) is 4.79 Å². The number of carbonyl (C=O) groups excluding carboxylic acids is 1. The van der Waals surface area contributed by atoms with Crippen molar-refractivity contribution in [3.63, 3.8) is 0 Å². The highest BCUT2D eigenvalue weighted by Crippen LogP contribution is 2.28. The molecule has 1 amide bonds. The number of rotatable bonds is 5. The largest absolute Gasteiger partial charge is 0.350 e. The van der Waals surface area contributed by atoms with Gasteiger partial charge in [-0.25, -0.2) is 0 Å². The summed E-state index contributed by atoms with van der Waals surface area (Å²) < 4.78 is 0.752. The summed E-state index contributed by atoms with van der Waals surface area (Å²) in [4.78, 5) is 15.1. The van der Waals surface area contributed by atoms with E-state index < -0.39 is 0 Å². The van der Waals surface area contributed by atoms with Crippen molar-refractivity contribution in [3.05, 3.63) is 21.3 Å². The van der Waals surface area contributed by atoms with E-state index in [-0.39, 0.29) is 11.3 Å². The van der Waals surface area contributed by atoms with Gasteiger partial charge in [0, 0.05) is 11.4 Å². The summed E-state index contributed by atoms with van der Waals surface area (Å²) in [6.07, 6.45) is 1.07. The molecule has 1 unspecified atom stereocenters. The maximum Gasteiger partial charge on any atom is 0.234 e. The fourth-order valence-electron chi connectivity index (χ4n) is 2.32. The molecule has 0 radical (unpaired) electrons. The van der Waals surface area contributed by atoms with Crippen molar-refractivity contribution in [3.8, 4) is 0 Å². The normalized spacial score (nSPS) is 23.7. The molecule has 1 saturated heterocycles. The lowest BCUT2D eigenvalue weighted by Gasteiger charge is -2.22. The Kier molecular flexibility index (Phi) is 4.84. The van der Waals surface area contributed by atoms with Crippen molar-refractivity contribution in [1.82, 2.24) is 10.2 Å². The van der Waals surface area contributed by atoms with E-state index in [0.29, 0.717) is 19.6 Å². The molecule has 0 aromatic carbocycles. The standard InChI is InChI=1S/C13H20ClN3OS/c1-13(8-15)4-5-17(9-13)7-12(18)16-6-10-2-3-11(14)19-10/h2-3H,4-9,15H2,1H3,(H,16,18). The van der Waals surface area contributed by atoms with Crippen LogP contribution in [0.5, 0.6) is 0 Å². The number of carbonyl (C=O) groups is 1. The molecular formula is C13H20ClN3OS. The Balaban J connectivity index is 1.73. The average Bonchev–Trinajstić information content (AvgIpc) is 2.94. The second-order valence-corrected chi connectivity index (χ2v) is 7.26. The van der Waals surface area contributed by atoms with Gasteiger partial charge in [0.05, 0.1) is 17.4 Å². The number of nitrogens with two attached hydrogens (primary N) is 1. The number of halogens is 1. The van der Waals surface area contributed by atoms with Gasteiger partial charge >= 0.3 is 0 Å². The Morgan fingerprint density at radius 1 is 1.63 bits per heavy atom. The second kappa shape index (κ2) is 6.22. The summed E-state index contributed by atoms with van der Waals surface area (Å²) in [5.41, 5.74) is 5.93.